The number of rotatable bonds is 30. The third-order valence-corrected chi connectivity index (χ3v) is 20.9. The molecule has 6 aromatic rings. The zero-order chi connectivity index (χ0) is 70.9. The molecule has 7 N–H and O–H groups in total. The van der Waals surface area contributed by atoms with Crippen molar-refractivity contribution >= 4 is 52.5 Å². The number of piperidine rings is 1. The van der Waals surface area contributed by atoms with Crippen molar-refractivity contribution in [1.29, 1.82) is 5.26 Å². The quantitative estimate of drug-likeness (QED) is 0.0184. The number of aliphatic hydroxyl groups excluding tert-OH is 1. The second-order valence-electron chi connectivity index (χ2n) is 28.6. The maximum Gasteiger partial charge on any atom is 0.319 e. The van der Waals surface area contributed by atoms with E-state index in [9.17, 15) is 39.4 Å². The van der Waals surface area contributed by atoms with Gasteiger partial charge < -0.3 is 75.0 Å². The number of likely N-dealkylation sites (tertiary alicyclic amines) is 2. The SMILES string of the molecule is CC(C)C(C(=O)N1C[C@H](O)C[C@H]1C(=O)N[C@@H](C)c1ccc(C#N)cc1)c1cc(OCCN2CCC(OC3CC(Oc4cc(N5C6CCC5CN(c5cc(-c7ccccc7OCc7ccc(NC(=O)[C@H](CCCCN(C)C)NC(=O)C8(C(=O)O)CCC8)cc7)nnc5N)C6)ccn4)C3)CC2)no1. The highest BCUT2D eigenvalue weighted by Gasteiger charge is 2.52. The summed E-state index contributed by atoms with van der Waals surface area (Å²) in [7, 11) is 3.95. The molecule has 0 spiro atoms. The average molecular weight is 1380 g/mol. The average Bonchev–Trinajstić information content (AvgIpc) is 1.42. The largest absolute Gasteiger partial charge is 0.488 e. The monoisotopic (exact) mass is 1380 g/mol. The van der Waals surface area contributed by atoms with Crippen molar-refractivity contribution in [1.82, 2.24) is 45.7 Å². The molecule has 7 heterocycles. The number of nitrogens with zero attached hydrogens (tertiary/aromatic N) is 10. The highest BCUT2D eigenvalue weighted by atomic mass is 16.5. The summed E-state index contributed by atoms with van der Waals surface area (Å²) in [6.45, 7) is 11.0. The number of unbranched alkanes of at least 4 members (excludes halogenated alkanes) is 1. The molecule has 26 heteroatoms. The molecule has 6 aliphatic rings. The number of nitrogen functional groups attached to an aromatic ring is 1. The number of β-amino-alcohol motifs (C(OH)–C–C–N with tert-alkyl or cyclic N) is 1. The Balaban J connectivity index is 0.568. The molecule has 4 saturated heterocycles. The Bertz CT molecular complexity index is 3890. The number of nitrogens with two attached hydrogens (primary N) is 1. The van der Waals surface area contributed by atoms with Gasteiger partial charge in [0.25, 0.3) is 5.88 Å². The molecule has 2 saturated carbocycles. The number of piperazine rings is 1. The van der Waals surface area contributed by atoms with E-state index in [0.29, 0.717) is 72.6 Å². The number of amides is 4. The van der Waals surface area contributed by atoms with Crippen molar-refractivity contribution in [2.45, 2.75) is 171 Å². The van der Waals surface area contributed by atoms with E-state index in [4.69, 9.17) is 29.2 Å². The summed E-state index contributed by atoms with van der Waals surface area (Å²) < 4.78 is 31.3. The van der Waals surface area contributed by atoms with Crippen LogP contribution in [0.25, 0.3) is 11.3 Å². The standard InChI is InChI=1S/C75H94N14O12/c1-46(2)68(72(93)88-44-55(90)36-63(88)71(92)79-47(3)50-18-14-48(41-76)15-19-50)65-40-67(84-101-65)97-34-33-86-31-25-56(26-32-86)99-57-37-58(38-57)100-66-35-52(24-29-78-66)89-53-22-23-54(89)43-87(42-53)62-39-61(82-83-69(62)77)59-11-6-7-13-64(59)98-45-49-16-20-51(21-17-49)80-70(91)60(12-8-9-30-85(4)5)81-73(94)75(74(95)96)27-10-28-75/h6-7,11,13-21,24,29,35,39-40,46-47,53-58,60,63,68,90H,8-10,12,22-23,25-28,30-34,36-38,42-45H2,1-5H3,(H2,77,83)(H,79,92)(H,80,91)(H,81,94)(H,95,96)/t47-,53?,54?,55+,57?,58?,60-,63-,68?/m0/s1. The Labute approximate surface area is 589 Å². The molecule has 12 rings (SSSR count). The van der Waals surface area contributed by atoms with Crippen molar-refractivity contribution in [2.75, 3.05) is 87.4 Å². The first-order valence-corrected chi connectivity index (χ1v) is 35.6. The number of ether oxygens (including phenoxy) is 4. The van der Waals surface area contributed by atoms with Gasteiger partial charge in [-0.15, -0.1) is 10.2 Å². The van der Waals surface area contributed by atoms with E-state index in [-0.39, 0.29) is 92.5 Å². The van der Waals surface area contributed by atoms with Crippen molar-refractivity contribution in [3.05, 3.63) is 126 Å². The number of aliphatic carboxylic acids is 1. The van der Waals surface area contributed by atoms with Crippen LogP contribution in [0.1, 0.15) is 139 Å². The number of carboxylic acid groups (broad SMARTS) is 1. The summed E-state index contributed by atoms with van der Waals surface area (Å²) in [4.78, 5) is 82.1. The molecular weight excluding hydrogens is 1290 g/mol. The van der Waals surface area contributed by atoms with Crippen LogP contribution in [0.4, 0.5) is 22.9 Å². The number of benzene rings is 3. The highest BCUT2D eigenvalue weighted by molar-refractivity contribution is 6.05. The number of aliphatic hydroxyl groups is 1. The zero-order valence-corrected chi connectivity index (χ0v) is 58.2. The molecule has 4 aliphatic heterocycles. The molecule has 2 bridgehead atoms. The van der Waals surface area contributed by atoms with Crippen molar-refractivity contribution in [3.63, 3.8) is 0 Å². The number of fused-ring (bicyclic) bond motifs is 2. The van der Waals surface area contributed by atoms with Crippen LogP contribution < -0.4 is 45.7 Å². The van der Waals surface area contributed by atoms with Gasteiger partial charge >= 0.3 is 5.97 Å². The molecule has 6 fully saturated rings. The lowest BCUT2D eigenvalue weighted by atomic mass is 9.68. The molecule has 536 valence electrons. The molecule has 7 atom stereocenters. The van der Waals surface area contributed by atoms with Gasteiger partial charge in [0.1, 0.15) is 48.5 Å². The molecule has 4 amide bonds. The normalized spacial score (nSPS) is 22.0. The number of carboxylic acids is 1. The smallest absolute Gasteiger partial charge is 0.319 e. The number of para-hydroxylation sites is 1. The Hall–Kier alpha value is -9.42. The van der Waals surface area contributed by atoms with Gasteiger partial charge in [0.15, 0.2) is 11.6 Å². The Morgan fingerprint density at radius 2 is 1.57 bits per heavy atom. The second kappa shape index (κ2) is 32.1. The number of nitrogens with one attached hydrogen (secondary N) is 3. The fraction of sp³-hybridized carbons (Fsp3) is 0.520. The zero-order valence-electron chi connectivity index (χ0n) is 58.2. The van der Waals surface area contributed by atoms with E-state index in [1.165, 1.54) is 4.90 Å². The van der Waals surface area contributed by atoms with E-state index in [1.807, 2.05) is 83.5 Å². The lowest BCUT2D eigenvalue weighted by Crippen LogP contribution is -2.55. The molecular formula is C75H94N14O12. The maximum absolute atomic E-state index is 14.2. The highest BCUT2D eigenvalue weighted by Crippen LogP contribution is 2.43. The van der Waals surface area contributed by atoms with E-state index >= 15 is 0 Å². The summed E-state index contributed by atoms with van der Waals surface area (Å²) >= 11 is 0. The third kappa shape index (κ3) is 17.0. The number of hydrogen-bond donors (Lipinski definition) is 6. The lowest BCUT2D eigenvalue weighted by molar-refractivity contribution is -0.162. The fourth-order valence-corrected chi connectivity index (χ4v) is 14.9. The first-order valence-electron chi connectivity index (χ1n) is 35.6. The van der Waals surface area contributed by atoms with Crippen molar-refractivity contribution in [3.8, 4) is 34.8 Å². The summed E-state index contributed by atoms with van der Waals surface area (Å²) in [5, 5.41) is 51.6. The van der Waals surface area contributed by atoms with E-state index in [1.54, 1.807) is 42.5 Å². The molecule has 101 heavy (non-hydrogen) atoms. The van der Waals surface area contributed by atoms with Crippen LogP contribution in [0.15, 0.2) is 108 Å². The molecule has 0 radical (unpaired) electrons. The van der Waals surface area contributed by atoms with Gasteiger partial charge in [0.2, 0.25) is 29.5 Å². The van der Waals surface area contributed by atoms with Gasteiger partial charge in [0.05, 0.1) is 47.4 Å². The van der Waals surface area contributed by atoms with Crippen LogP contribution in [0.5, 0.6) is 17.5 Å². The Kier molecular flexibility index (Phi) is 22.7. The minimum atomic E-state index is -1.49. The number of pyridine rings is 1. The van der Waals surface area contributed by atoms with Gasteiger partial charge in [-0.1, -0.05) is 56.7 Å². The fourth-order valence-electron chi connectivity index (χ4n) is 14.9. The van der Waals surface area contributed by atoms with Crippen LogP contribution in [0.2, 0.25) is 0 Å². The molecule has 26 nitrogen and oxygen atoms in total. The van der Waals surface area contributed by atoms with E-state index in [0.717, 1.165) is 106 Å². The maximum atomic E-state index is 14.2. The first-order chi connectivity index (χ1) is 48.8. The van der Waals surface area contributed by atoms with Crippen LogP contribution in [-0.2, 0) is 35.3 Å². The van der Waals surface area contributed by atoms with E-state index in [2.05, 4.69) is 74.1 Å². The minimum absolute atomic E-state index is 0.0111. The minimum Gasteiger partial charge on any atom is -0.488 e. The number of carbonyl (C=O) groups is 5. The van der Waals surface area contributed by atoms with Gasteiger partial charge in [-0.05, 0) is 156 Å². The molecule has 3 aromatic carbocycles. The summed E-state index contributed by atoms with van der Waals surface area (Å²) in [5.74, 6) is -1.64. The van der Waals surface area contributed by atoms with Gasteiger partial charge in [-0.3, -0.25) is 28.9 Å². The predicted molar refractivity (Wildman–Crippen MR) is 377 cm³/mol. The number of aromatic nitrogens is 4. The summed E-state index contributed by atoms with van der Waals surface area (Å²) in [5.41, 5.74) is 11.2. The molecule has 2 aliphatic carbocycles. The van der Waals surface area contributed by atoms with Crippen molar-refractivity contribution < 1.29 is 57.7 Å². The summed E-state index contributed by atoms with van der Waals surface area (Å²) in [6, 6.07) is 30.1. The molecule has 3 aromatic heterocycles. The van der Waals surface area contributed by atoms with E-state index < -0.39 is 47.3 Å². The van der Waals surface area contributed by atoms with Crippen LogP contribution in [-0.4, -0.2) is 190 Å². The van der Waals surface area contributed by atoms with Gasteiger partial charge in [-0.25, -0.2) is 4.98 Å². The van der Waals surface area contributed by atoms with Crippen LogP contribution in [0, 0.1) is 22.7 Å². The predicted octanol–water partition coefficient (Wildman–Crippen LogP) is 7.88. The van der Waals surface area contributed by atoms with Crippen molar-refractivity contribution in [2.24, 2.45) is 11.3 Å². The number of hydrogen-bond acceptors (Lipinski definition) is 21. The van der Waals surface area contributed by atoms with Gasteiger partial charge in [-0.2, -0.15) is 5.26 Å². The summed E-state index contributed by atoms with van der Waals surface area (Å²) in [6.07, 6.45) is 9.83. The number of carbonyl (C=O) groups excluding carboxylic acids is 4. The second-order valence-corrected chi connectivity index (χ2v) is 28.6. The van der Waals surface area contributed by atoms with Crippen LogP contribution >= 0.6 is 0 Å². The Morgan fingerprint density at radius 3 is 2.27 bits per heavy atom. The number of nitriles is 1. The topological polar surface area (TPSA) is 330 Å². The third-order valence-electron chi connectivity index (χ3n) is 20.9. The number of anilines is 4. The van der Waals surface area contributed by atoms with Crippen LogP contribution in [0.3, 0.4) is 0 Å². The van der Waals surface area contributed by atoms with Gasteiger partial charge in [0, 0.05) is 106 Å². The lowest BCUT2D eigenvalue weighted by Gasteiger charge is -2.43. The molecule has 3 unspecified atom stereocenters. The Morgan fingerprint density at radius 1 is 0.832 bits per heavy atom. The first kappa shape index (κ1) is 71.4.